The van der Waals surface area contributed by atoms with E-state index >= 15 is 0 Å². The molecule has 0 atom stereocenters. The second-order valence-electron chi connectivity index (χ2n) is 3.66. The third-order valence-corrected chi connectivity index (χ3v) is 4.80. The predicted molar refractivity (Wildman–Crippen MR) is 71.5 cm³/mol. The molecule has 2 aromatic heterocycles. The molecule has 3 heteroatoms. The lowest BCUT2D eigenvalue weighted by Crippen LogP contribution is -1.72. The van der Waals surface area contributed by atoms with E-state index in [0.717, 1.165) is 0 Å². The van der Waals surface area contributed by atoms with Crippen molar-refractivity contribution < 1.29 is 0 Å². The number of para-hydroxylation sites is 1. The molecule has 16 heavy (non-hydrogen) atoms. The van der Waals surface area contributed by atoms with Gasteiger partial charge >= 0.3 is 0 Å². The maximum absolute atomic E-state index is 3.42. The molecule has 3 aromatic rings. The number of benzene rings is 1. The Morgan fingerprint density at radius 3 is 2.81 bits per heavy atom. The molecule has 0 fully saturated rings. The number of hydrogen-bond donors (Lipinski definition) is 1. The van der Waals surface area contributed by atoms with E-state index in [1.54, 1.807) is 11.3 Å². The van der Waals surface area contributed by atoms with Crippen LogP contribution in [0.3, 0.4) is 0 Å². The lowest BCUT2D eigenvalue weighted by atomic mass is 10.2. The van der Waals surface area contributed by atoms with E-state index < -0.39 is 0 Å². The van der Waals surface area contributed by atoms with E-state index in [-0.39, 0.29) is 0 Å². The standard InChI is InChI=1S/C13H11NS2/c1-9-13(16-12-7-4-8-15-12)10-5-2-3-6-11(10)14-9/h2-8,14H,1H3. The lowest BCUT2D eigenvalue weighted by molar-refractivity contribution is 1.23. The summed E-state index contributed by atoms with van der Waals surface area (Å²) in [5.74, 6) is 0. The first-order valence-electron chi connectivity index (χ1n) is 5.13. The number of aryl methyl sites for hydroxylation is 1. The van der Waals surface area contributed by atoms with Crippen molar-refractivity contribution in [3.63, 3.8) is 0 Å². The van der Waals surface area contributed by atoms with Crippen LogP contribution < -0.4 is 0 Å². The van der Waals surface area contributed by atoms with Gasteiger partial charge in [0.1, 0.15) is 0 Å². The molecule has 0 bridgehead atoms. The quantitative estimate of drug-likeness (QED) is 0.692. The van der Waals surface area contributed by atoms with Gasteiger partial charge in [-0.3, -0.25) is 0 Å². The molecule has 1 aromatic carbocycles. The topological polar surface area (TPSA) is 15.8 Å². The van der Waals surface area contributed by atoms with Crippen LogP contribution in [0.15, 0.2) is 50.9 Å². The van der Waals surface area contributed by atoms with Crippen LogP contribution in [0, 0.1) is 6.92 Å². The fourth-order valence-electron chi connectivity index (χ4n) is 1.80. The SMILES string of the molecule is Cc1[nH]c2ccccc2c1Sc1cccs1. The van der Waals surface area contributed by atoms with Crippen molar-refractivity contribution in [2.75, 3.05) is 0 Å². The number of fused-ring (bicyclic) bond motifs is 1. The van der Waals surface area contributed by atoms with E-state index in [4.69, 9.17) is 0 Å². The smallest absolute Gasteiger partial charge is 0.0647 e. The van der Waals surface area contributed by atoms with E-state index in [9.17, 15) is 0 Å². The first-order valence-corrected chi connectivity index (χ1v) is 6.83. The summed E-state index contributed by atoms with van der Waals surface area (Å²) in [5, 5.41) is 3.44. The molecule has 0 spiro atoms. The Balaban J connectivity index is 2.12. The molecule has 0 unspecified atom stereocenters. The molecule has 0 saturated heterocycles. The van der Waals surface area contributed by atoms with Gasteiger partial charge in [0.25, 0.3) is 0 Å². The van der Waals surface area contributed by atoms with Crippen LogP contribution in [0.1, 0.15) is 5.69 Å². The van der Waals surface area contributed by atoms with E-state index in [1.165, 1.54) is 25.7 Å². The molecule has 3 rings (SSSR count). The molecular weight excluding hydrogens is 234 g/mol. The summed E-state index contributed by atoms with van der Waals surface area (Å²) in [5.41, 5.74) is 2.47. The molecule has 1 nitrogen and oxygen atoms in total. The van der Waals surface area contributed by atoms with Gasteiger partial charge in [-0.05, 0) is 24.4 Å². The van der Waals surface area contributed by atoms with Crippen molar-refractivity contribution >= 4 is 34.0 Å². The second kappa shape index (κ2) is 4.00. The van der Waals surface area contributed by atoms with Gasteiger partial charge in [0, 0.05) is 21.5 Å². The van der Waals surface area contributed by atoms with Crippen LogP contribution >= 0.6 is 23.1 Å². The molecular formula is C13H11NS2. The summed E-state index contributed by atoms with van der Waals surface area (Å²) >= 11 is 3.63. The van der Waals surface area contributed by atoms with Gasteiger partial charge in [-0.1, -0.05) is 36.0 Å². The van der Waals surface area contributed by atoms with Gasteiger partial charge in [-0.25, -0.2) is 0 Å². The van der Waals surface area contributed by atoms with Crippen LogP contribution in [0.25, 0.3) is 10.9 Å². The Bertz CT molecular complexity index is 608. The molecule has 2 heterocycles. The number of thiophene rings is 1. The zero-order valence-electron chi connectivity index (χ0n) is 8.86. The highest BCUT2D eigenvalue weighted by atomic mass is 32.2. The number of hydrogen-bond acceptors (Lipinski definition) is 2. The van der Waals surface area contributed by atoms with Crippen molar-refractivity contribution in [3.8, 4) is 0 Å². The highest BCUT2D eigenvalue weighted by Crippen LogP contribution is 2.38. The summed E-state index contributed by atoms with van der Waals surface area (Å²) < 4.78 is 1.34. The number of H-pyrrole nitrogens is 1. The zero-order chi connectivity index (χ0) is 11.0. The van der Waals surface area contributed by atoms with Gasteiger partial charge < -0.3 is 4.98 Å². The Labute approximate surface area is 103 Å². The third-order valence-electron chi connectivity index (χ3n) is 2.53. The zero-order valence-corrected chi connectivity index (χ0v) is 10.5. The minimum atomic E-state index is 1.22. The van der Waals surface area contributed by atoms with Crippen molar-refractivity contribution in [1.29, 1.82) is 0 Å². The number of rotatable bonds is 2. The second-order valence-corrected chi connectivity index (χ2v) is 5.92. The molecule has 0 amide bonds. The van der Waals surface area contributed by atoms with E-state index in [1.807, 2.05) is 11.8 Å². The molecule has 80 valence electrons. The average Bonchev–Trinajstić information content (AvgIpc) is 2.89. The minimum Gasteiger partial charge on any atom is -0.358 e. The molecule has 0 aliphatic heterocycles. The van der Waals surface area contributed by atoms with Gasteiger partial charge in [-0.15, -0.1) is 11.3 Å². The van der Waals surface area contributed by atoms with Crippen molar-refractivity contribution in [2.45, 2.75) is 16.0 Å². The number of nitrogens with one attached hydrogen (secondary N) is 1. The largest absolute Gasteiger partial charge is 0.358 e. The van der Waals surface area contributed by atoms with Gasteiger partial charge in [-0.2, -0.15) is 0 Å². The van der Waals surface area contributed by atoms with Crippen LogP contribution in [0.4, 0.5) is 0 Å². The summed E-state index contributed by atoms with van der Waals surface area (Å²) in [6.07, 6.45) is 0. The molecule has 0 saturated carbocycles. The maximum Gasteiger partial charge on any atom is 0.0647 e. The fraction of sp³-hybridized carbons (Fsp3) is 0.0769. The van der Waals surface area contributed by atoms with Gasteiger partial charge in [0.15, 0.2) is 0 Å². The first-order chi connectivity index (χ1) is 7.84. The van der Waals surface area contributed by atoms with Crippen molar-refractivity contribution in [2.24, 2.45) is 0 Å². The highest BCUT2D eigenvalue weighted by molar-refractivity contribution is 8.01. The van der Waals surface area contributed by atoms with Gasteiger partial charge in [0.05, 0.1) is 4.21 Å². The fourth-order valence-corrected chi connectivity index (χ4v) is 3.70. The summed E-state index contributed by atoms with van der Waals surface area (Å²) in [6.45, 7) is 2.13. The van der Waals surface area contributed by atoms with Gasteiger partial charge in [0.2, 0.25) is 0 Å². The number of aromatic amines is 1. The van der Waals surface area contributed by atoms with Crippen molar-refractivity contribution in [3.05, 3.63) is 47.5 Å². The van der Waals surface area contributed by atoms with E-state index in [0.29, 0.717) is 0 Å². The third kappa shape index (κ3) is 1.66. The summed E-state index contributed by atoms with van der Waals surface area (Å²) in [6, 6.07) is 12.7. The Morgan fingerprint density at radius 1 is 1.12 bits per heavy atom. The van der Waals surface area contributed by atoms with Crippen LogP contribution in [0.5, 0.6) is 0 Å². The highest BCUT2D eigenvalue weighted by Gasteiger charge is 2.09. The number of aromatic nitrogens is 1. The van der Waals surface area contributed by atoms with Crippen LogP contribution in [-0.4, -0.2) is 4.98 Å². The summed E-state index contributed by atoms with van der Waals surface area (Å²) in [4.78, 5) is 4.77. The van der Waals surface area contributed by atoms with E-state index in [2.05, 4.69) is 53.7 Å². The normalized spacial score (nSPS) is 11.1. The lowest BCUT2D eigenvalue weighted by Gasteiger charge is -1.97. The Hall–Kier alpha value is -1.19. The molecule has 0 aliphatic carbocycles. The Kier molecular flexibility index (Phi) is 2.50. The monoisotopic (exact) mass is 245 g/mol. The average molecular weight is 245 g/mol. The van der Waals surface area contributed by atoms with Crippen LogP contribution in [-0.2, 0) is 0 Å². The van der Waals surface area contributed by atoms with Crippen molar-refractivity contribution in [1.82, 2.24) is 4.98 Å². The minimum absolute atomic E-state index is 1.22. The predicted octanol–water partition coefficient (Wildman–Crippen LogP) is 4.69. The molecule has 0 radical (unpaired) electrons. The molecule has 1 N–H and O–H groups in total. The first kappa shape index (κ1) is 10.00. The van der Waals surface area contributed by atoms with Crippen LogP contribution in [0.2, 0.25) is 0 Å². The summed E-state index contributed by atoms with van der Waals surface area (Å²) in [7, 11) is 0. The maximum atomic E-state index is 3.42. The Morgan fingerprint density at radius 2 is 2.00 bits per heavy atom. The molecule has 0 aliphatic rings.